The standard InChI is InChI=1S/C20H22ClN5O/c1-2-7-22-20(27)26-12-15-10-25(11-16(15)13-26)19-9-23-18(8-24-19)14-3-5-17(21)6-4-14/h2-6,8-9,15-16H,1,7,10-13H2,(H,22,27). The first kappa shape index (κ1) is 17.8. The number of carbonyl (C=O) groups excluding carboxylic acids is 1. The normalized spacial score (nSPS) is 21.2. The lowest BCUT2D eigenvalue weighted by atomic mass is 10.0. The maximum Gasteiger partial charge on any atom is 0.317 e. The molecule has 0 saturated carbocycles. The van der Waals surface area contributed by atoms with Gasteiger partial charge < -0.3 is 15.1 Å². The van der Waals surface area contributed by atoms with Crippen molar-refractivity contribution in [1.29, 1.82) is 0 Å². The Kier molecular flexibility index (Phi) is 4.99. The molecule has 1 aromatic carbocycles. The number of aromatic nitrogens is 2. The van der Waals surface area contributed by atoms with Crippen LogP contribution in [0.2, 0.25) is 5.02 Å². The number of urea groups is 1. The molecule has 2 aromatic rings. The molecule has 2 fully saturated rings. The Morgan fingerprint density at radius 2 is 1.85 bits per heavy atom. The quantitative estimate of drug-likeness (QED) is 0.824. The lowest BCUT2D eigenvalue weighted by Crippen LogP contribution is -2.40. The molecule has 0 radical (unpaired) electrons. The molecule has 2 amide bonds. The number of hydrogen-bond donors (Lipinski definition) is 1. The van der Waals surface area contributed by atoms with Crippen molar-refractivity contribution in [3.63, 3.8) is 0 Å². The number of carbonyl (C=O) groups is 1. The third kappa shape index (κ3) is 3.76. The molecular weight excluding hydrogens is 362 g/mol. The number of fused-ring (bicyclic) bond motifs is 1. The second-order valence-electron chi connectivity index (χ2n) is 7.07. The Morgan fingerprint density at radius 3 is 2.44 bits per heavy atom. The fraction of sp³-hybridized carbons (Fsp3) is 0.350. The van der Waals surface area contributed by atoms with E-state index in [1.54, 1.807) is 6.08 Å². The predicted molar refractivity (Wildman–Crippen MR) is 107 cm³/mol. The van der Waals surface area contributed by atoms with Gasteiger partial charge in [-0.05, 0) is 12.1 Å². The monoisotopic (exact) mass is 383 g/mol. The van der Waals surface area contributed by atoms with Gasteiger partial charge in [0.25, 0.3) is 0 Å². The van der Waals surface area contributed by atoms with Crippen molar-refractivity contribution in [2.75, 3.05) is 37.6 Å². The first-order valence-electron chi connectivity index (χ1n) is 9.10. The second kappa shape index (κ2) is 7.56. The summed E-state index contributed by atoms with van der Waals surface area (Å²) in [6.07, 6.45) is 5.34. The SMILES string of the molecule is C=CCNC(=O)N1CC2CN(c3cnc(-c4ccc(Cl)cc4)cn3)CC2C1. The van der Waals surface area contributed by atoms with E-state index in [4.69, 9.17) is 11.6 Å². The van der Waals surface area contributed by atoms with Crippen LogP contribution in [0.25, 0.3) is 11.3 Å². The highest BCUT2D eigenvalue weighted by molar-refractivity contribution is 6.30. The van der Waals surface area contributed by atoms with Crippen LogP contribution in [0.15, 0.2) is 49.3 Å². The zero-order valence-electron chi connectivity index (χ0n) is 15.0. The van der Waals surface area contributed by atoms with Crippen LogP contribution in [0.1, 0.15) is 0 Å². The lowest BCUT2D eigenvalue weighted by molar-refractivity contribution is 0.207. The summed E-state index contributed by atoms with van der Waals surface area (Å²) in [4.78, 5) is 25.5. The van der Waals surface area contributed by atoms with Crippen molar-refractivity contribution in [3.8, 4) is 11.3 Å². The van der Waals surface area contributed by atoms with Gasteiger partial charge in [-0.15, -0.1) is 6.58 Å². The van der Waals surface area contributed by atoms with Crippen molar-refractivity contribution < 1.29 is 4.79 Å². The van der Waals surface area contributed by atoms with Gasteiger partial charge in [0.05, 0.1) is 18.1 Å². The van der Waals surface area contributed by atoms with Crippen molar-refractivity contribution in [3.05, 3.63) is 54.3 Å². The smallest absolute Gasteiger partial charge is 0.317 e. The van der Waals surface area contributed by atoms with Crippen LogP contribution < -0.4 is 10.2 Å². The van der Waals surface area contributed by atoms with Gasteiger partial charge in [-0.1, -0.05) is 29.8 Å². The first-order valence-corrected chi connectivity index (χ1v) is 9.48. The van der Waals surface area contributed by atoms with Gasteiger partial charge in [0.1, 0.15) is 5.82 Å². The number of benzene rings is 1. The van der Waals surface area contributed by atoms with E-state index >= 15 is 0 Å². The average molecular weight is 384 g/mol. The van der Waals surface area contributed by atoms with Crippen LogP contribution >= 0.6 is 11.6 Å². The molecule has 6 nitrogen and oxygen atoms in total. The van der Waals surface area contributed by atoms with Crippen LogP contribution in [0.5, 0.6) is 0 Å². The molecule has 0 aliphatic carbocycles. The number of rotatable bonds is 4. The van der Waals surface area contributed by atoms with Crippen molar-refractivity contribution in [2.24, 2.45) is 11.8 Å². The van der Waals surface area contributed by atoms with Crippen molar-refractivity contribution in [2.45, 2.75) is 0 Å². The predicted octanol–water partition coefficient (Wildman–Crippen LogP) is 3.06. The maximum atomic E-state index is 12.1. The molecule has 1 aromatic heterocycles. The summed E-state index contributed by atoms with van der Waals surface area (Å²) in [6, 6.07) is 7.59. The molecule has 2 aliphatic heterocycles. The lowest BCUT2D eigenvalue weighted by Gasteiger charge is -2.22. The van der Waals surface area contributed by atoms with Gasteiger partial charge in [-0.3, -0.25) is 4.98 Å². The molecule has 2 atom stereocenters. The number of halogens is 1. The van der Waals surface area contributed by atoms with Crippen molar-refractivity contribution >= 4 is 23.4 Å². The topological polar surface area (TPSA) is 61.4 Å². The molecule has 2 saturated heterocycles. The largest absolute Gasteiger partial charge is 0.355 e. The second-order valence-corrected chi connectivity index (χ2v) is 7.51. The van der Waals surface area contributed by atoms with E-state index in [2.05, 4.69) is 26.8 Å². The Morgan fingerprint density at radius 1 is 1.15 bits per heavy atom. The highest BCUT2D eigenvalue weighted by atomic mass is 35.5. The number of amides is 2. The van der Waals surface area contributed by atoms with Gasteiger partial charge >= 0.3 is 6.03 Å². The van der Waals surface area contributed by atoms with Gasteiger partial charge in [0.2, 0.25) is 0 Å². The molecule has 140 valence electrons. The summed E-state index contributed by atoms with van der Waals surface area (Å²) in [5, 5.41) is 3.56. The summed E-state index contributed by atoms with van der Waals surface area (Å²) in [7, 11) is 0. The van der Waals surface area contributed by atoms with Crippen LogP contribution in [-0.2, 0) is 0 Å². The third-order valence-corrected chi connectivity index (χ3v) is 5.53. The molecule has 4 rings (SSSR count). The molecule has 27 heavy (non-hydrogen) atoms. The van der Waals surface area contributed by atoms with E-state index in [1.807, 2.05) is 41.6 Å². The van der Waals surface area contributed by atoms with Gasteiger partial charge in [0.15, 0.2) is 0 Å². The molecule has 0 spiro atoms. The summed E-state index contributed by atoms with van der Waals surface area (Å²) in [6.45, 7) is 7.54. The minimum atomic E-state index is 0.00274. The van der Waals surface area contributed by atoms with Crippen molar-refractivity contribution in [1.82, 2.24) is 20.2 Å². The molecule has 3 heterocycles. The Balaban J connectivity index is 1.37. The number of nitrogens with zero attached hydrogens (tertiary/aromatic N) is 4. The van der Waals surface area contributed by atoms with Gasteiger partial charge in [0, 0.05) is 55.1 Å². The number of likely N-dealkylation sites (tertiary alicyclic amines) is 1. The summed E-state index contributed by atoms with van der Waals surface area (Å²) < 4.78 is 0. The Labute approximate surface area is 163 Å². The zero-order chi connectivity index (χ0) is 18.8. The minimum absolute atomic E-state index is 0.00274. The average Bonchev–Trinajstić information content (AvgIpc) is 3.26. The van der Waals surface area contributed by atoms with Crippen LogP contribution in [-0.4, -0.2) is 53.6 Å². The molecule has 2 unspecified atom stereocenters. The molecule has 2 aliphatic rings. The van der Waals surface area contributed by atoms with E-state index in [9.17, 15) is 4.79 Å². The summed E-state index contributed by atoms with van der Waals surface area (Å²) >= 11 is 5.94. The van der Waals surface area contributed by atoms with E-state index in [0.717, 1.165) is 43.3 Å². The van der Waals surface area contributed by atoms with E-state index in [0.29, 0.717) is 23.4 Å². The molecular formula is C20H22ClN5O. The first-order chi connectivity index (χ1) is 13.1. The van der Waals surface area contributed by atoms with E-state index in [-0.39, 0.29) is 6.03 Å². The molecule has 7 heteroatoms. The van der Waals surface area contributed by atoms with Crippen LogP contribution in [0, 0.1) is 11.8 Å². The summed E-state index contributed by atoms with van der Waals surface area (Å²) in [5.74, 6) is 1.86. The van der Waals surface area contributed by atoms with Crippen LogP contribution in [0.3, 0.4) is 0 Å². The molecule has 0 bridgehead atoms. The zero-order valence-corrected chi connectivity index (χ0v) is 15.8. The third-order valence-electron chi connectivity index (χ3n) is 5.27. The van der Waals surface area contributed by atoms with Crippen LogP contribution in [0.4, 0.5) is 10.6 Å². The molecule has 1 N–H and O–H groups in total. The maximum absolute atomic E-state index is 12.1. The Bertz CT molecular complexity index is 809. The summed E-state index contributed by atoms with van der Waals surface area (Å²) in [5.41, 5.74) is 1.83. The van der Waals surface area contributed by atoms with E-state index < -0.39 is 0 Å². The fourth-order valence-corrected chi connectivity index (χ4v) is 4.00. The van der Waals surface area contributed by atoms with Gasteiger partial charge in [-0.25, -0.2) is 9.78 Å². The number of hydrogen-bond acceptors (Lipinski definition) is 4. The number of anilines is 1. The highest BCUT2D eigenvalue weighted by Gasteiger charge is 2.41. The van der Waals surface area contributed by atoms with Gasteiger partial charge in [-0.2, -0.15) is 0 Å². The number of nitrogens with one attached hydrogen (secondary N) is 1. The fourth-order valence-electron chi connectivity index (χ4n) is 3.87. The minimum Gasteiger partial charge on any atom is -0.355 e. The Hall–Kier alpha value is -2.60. The van der Waals surface area contributed by atoms with E-state index in [1.165, 1.54) is 0 Å². The highest BCUT2D eigenvalue weighted by Crippen LogP contribution is 2.33.